The lowest BCUT2D eigenvalue weighted by molar-refractivity contribution is 0.201. The van der Waals surface area contributed by atoms with Gasteiger partial charge in [-0.3, -0.25) is 5.84 Å². The third-order valence-electron chi connectivity index (χ3n) is 0.898. The third kappa shape index (κ3) is 5.24. The largest absolute Gasteiger partial charge is 0.395 e. The van der Waals surface area contributed by atoms with Crippen molar-refractivity contribution < 1.29 is 5.11 Å². The number of nitriles is 1. The van der Waals surface area contributed by atoms with Crippen molar-refractivity contribution >= 4 is 0 Å². The standard InChI is InChI=1S/C5H11N3O/c6-2-1-3-8(7)4-5-9/h9H,1,3-5,7H2. The molecule has 4 heteroatoms. The molecule has 3 N–H and O–H groups in total. The van der Waals surface area contributed by atoms with Crippen LogP contribution in [0.4, 0.5) is 0 Å². The first kappa shape index (κ1) is 8.37. The minimum absolute atomic E-state index is 0.0436. The van der Waals surface area contributed by atoms with Crippen LogP contribution in [0.15, 0.2) is 0 Å². The maximum atomic E-state index is 8.33. The van der Waals surface area contributed by atoms with Gasteiger partial charge in [0.05, 0.1) is 12.7 Å². The monoisotopic (exact) mass is 129 g/mol. The summed E-state index contributed by atoms with van der Waals surface area (Å²) in [5.74, 6) is 5.29. The molecular formula is C5H11N3O. The number of aliphatic hydroxyl groups is 1. The molecule has 0 amide bonds. The topological polar surface area (TPSA) is 73.3 Å². The lowest BCUT2D eigenvalue weighted by Crippen LogP contribution is -2.34. The van der Waals surface area contributed by atoms with Crippen LogP contribution in [-0.4, -0.2) is 29.8 Å². The number of hydrazine groups is 1. The van der Waals surface area contributed by atoms with Gasteiger partial charge in [-0.15, -0.1) is 0 Å². The van der Waals surface area contributed by atoms with Crippen LogP contribution in [-0.2, 0) is 0 Å². The van der Waals surface area contributed by atoms with E-state index in [1.807, 2.05) is 6.07 Å². The van der Waals surface area contributed by atoms with Crippen molar-refractivity contribution in [2.45, 2.75) is 6.42 Å². The first-order chi connectivity index (χ1) is 4.31. The van der Waals surface area contributed by atoms with Gasteiger partial charge in [-0.2, -0.15) is 5.26 Å². The zero-order valence-corrected chi connectivity index (χ0v) is 5.25. The predicted octanol–water partition coefficient (Wildman–Crippen LogP) is -0.932. The van der Waals surface area contributed by atoms with Gasteiger partial charge in [-0.25, -0.2) is 5.01 Å². The molecule has 0 aliphatic rings. The Labute approximate surface area is 54.5 Å². The van der Waals surface area contributed by atoms with Crippen molar-refractivity contribution in [3.05, 3.63) is 0 Å². The maximum Gasteiger partial charge on any atom is 0.0635 e. The van der Waals surface area contributed by atoms with Crippen LogP contribution in [0.3, 0.4) is 0 Å². The molecule has 0 aromatic heterocycles. The average molecular weight is 129 g/mol. The molecule has 0 rings (SSSR count). The summed E-state index contributed by atoms with van der Waals surface area (Å²) in [6, 6.07) is 1.95. The molecule has 0 bridgehead atoms. The first-order valence-corrected chi connectivity index (χ1v) is 2.78. The smallest absolute Gasteiger partial charge is 0.0635 e. The van der Waals surface area contributed by atoms with E-state index < -0.39 is 0 Å². The zero-order chi connectivity index (χ0) is 7.11. The maximum absolute atomic E-state index is 8.33. The van der Waals surface area contributed by atoms with Crippen LogP contribution in [0, 0.1) is 11.3 Å². The fourth-order valence-corrected chi connectivity index (χ4v) is 0.434. The van der Waals surface area contributed by atoms with Crippen LogP contribution in [0.5, 0.6) is 0 Å². The highest BCUT2D eigenvalue weighted by molar-refractivity contribution is 4.69. The molecule has 4 nitrogen and oxygen atoms in total. The second kappa shape index (κ2) is 5.51. The van der Waals surface area contributed by atoms with Crippen LogP contribution in [0.1, 0.15) is 6.42 Å². The first-order valence-electron chi connectivity index (χ1n) is 2.78. The molecule has 0 spiro atoms. The highest BCUT2D eigenvalue weighted by Gasteiger charge is 1.93. The van der Waals surface area contributed by atoms with Gasteiger partial charge in [-0.05, 0) is 0 Å². The molecule has 0 saturated heterocycles. The molecule has 0 aromatic carbocycles. The number of aliphatic hydroxyl groups excluding tert-OH is 1. The van der Waals surface area contributed by atoms with Crippen LogP contribution < -0.4 is 5.84 Å². The number of hydrogen-bond acceptors (Lipinski definition) is 4. The molecule has 0 fully saturated rings. The van der Waals surface area contributed by atoms with Gasteiger partial charge >= 0.3 is 0 Å². The predicted molar refractivity (Wildman–Crippen MR) is 33.1 cm³/mol. The van der Waals surface area contributed by atoms with E-state index in [9.17, 15) is 0 Å². The van der Waals surface area contributed by atoms with Crippen molar-refractivity contribution in [1.82, 2.24) is 5.01 Å². The summed E-state index contributed by atoms with van der Waals surface area (Å²) in [7, 11) is 0. The molecule has 9 heavy (non-hydrogen) atoms. The highest BCUT2D eigenvalue weighted by atomic mass is 16.3. The second-order valence-corrected chi connectivity index (χ2v) is 1.67. The second-order valence-electron chi connectivity index (χ2n) is 1.67. The van der Waals surface area contributed by atoms with Crippen molar-refractivity contribution in [2.24, 2.45) is 5.84 Å². The van der Waals surface area contributed by atoms with E-state index in [1.54, 1.807) is 0 Å². The minimum atomic E-state index is 0.0436. The SMILES string of the molecule is N#CCCN(N)CCO. The van der Waals surface area contributed by atoms with Gasteiger partial charge in [0.15, 0.2) is 0 Å². The fourth-order valence-electron chi connectivity index (χ4n) is 0.434. The van der Waals surface area contributed by atoms with Gasteiger partial charge < -0.3 is 5.11 Å². The Morgan fingerprint density at radius 3 is 2.67 bits per heavy atom. The minimum Gasteiger partial charge on any atom is -0.395 e. The Morgan fingerprint density at radius 1 is 1.56 bits per heavy atom. The third-order valence-corrected chi connectivity index (χ3v) is 0.898. The lowest BCUT2D eigenvalue weighted by atomic mass is 10.4. The van der Waals surface area contributed by atoms with Crippen molar-refractivity contribution in [3.63, 3.8) is 0 Å². The van der Waals surface area contributed by atoms with E-state index in [-0.39, 0.29) is 6.61 Å². The summed E-state index contributed by atoms with van der Waals surface area (Å²) in [4.78, 5) is 0. The van der Waals surface area contributed by atoms with Crippen molar-refractivity contribution in [1.29, 1.82) is 5.26 Å². The number of nitrogens with two attached hydrogens (primary N) is 1. The van der Waals surface area contributed by atoms with Crippen molar-refractivity contribution in [3.8, 4) is 6.07 Å². The summed E-state index contributed by atoms with van der Waals surface area (Å²) in [5, 5.41) is 17.8. The van der Waals surface area contributed by atoms with E-state index >= 15 is 0 Å². The van der Waals surface area contributed by atoms with Crippen LogP contribution >= 0.6 is 0 Å². The van der Waals surface area contributed by atoms with E-state index in [4.69, 9.17) is 16.2 Å². The van der Waals surface area contributed by atoms with E-state index in [2.05, 4.69) is 0 Å². The number of nitrogens with zero attached hydrogens (tertiary/aromatic N) is 2. The fraction of sp³-hybridized carbons (Fsp3) is 0.800. The molecule has 52 valence electrons. The molecule has 0 heterocycles. The molecule has 0 unspecified atom stereocenters. The van der Waals surface area contributed by atoms with Gasteiger partial charge in [0.1, 0.15) is 0 Å². The summed E-state index contributed by atoms with van der Waals surface area (Å²) in [5.41, 5.74) is 0. The average Bonchev–Trinajstić information content (AvgIpc) is 1.85. The Morgan fingerprint density at radius 2 is 2.22 bits per heavy atom. The summed E-state index contributed by atoms with van der Waals surface area (Å²) < 4.78 is 0. The van der Waals surface area contributed by atoms with Crippen molar-refractivity contribution in [2.75, 3.05) is 19.7 Å². The molecular weight excluding hydrogens is 118 g/mol. The van der Waals surface area contributed by atoms with Gasteiger partial charge in [0.25, 0.3) is 0 Å². The highest BCUT2D eigenvalue weighted by Crippen LogP contribution is 1.79. The summed E-state index contributed by atoms with van der Waals surface area (Å²) in [6.07, 6.45) is 0.413. The molecule has 0 aliphatic heterocycles. The molecule has 0 aromatic rings. The molecule has 0 saturated carbocycles. The number of hydrogen-bond donors (Lipinski definition) is 2. The molecule has 0 radical (unpaired) electrons. The van der Waals surface area contributed by atoms with E-state index in [0.29, 0.717) is 19.5 Å². The van der Waals surface area contributed by atoms with Gasteiger partial charge in [-0.1, -0.05) is 0 Å². The van der Waals surface area contributed by atoms with E-state index in [0.717, 1.165) is 0 Å². The van der Waals surface area contributed by atoms with Crippen LogP contribution in [0.25, 0.3) is 0 Å². The Hall–Kier alpha value is -0.630. The van der Waals surface area contributed by atoms with Gasteiger partial charge in [0.2, 0.25) is 0 Å². The lowest BCUT2D eigenvalue weighted by Gasteiger charge is -2.10. The quantitative estimate of drug-likeness (QED) is 0.380. The van der Waals surface area contributed by atoms with Gasteiger partial charge in [0, 0.05) is 19.5 Å². The Balaban J connectivity index is 3.07. The van der Waals surface area contributed by atoms with E-state index in [1.165, 1.54) is 5.01 Å². The Bertz CT molecular complexity index is 98.9. The summed E-state index contributed by atoms with van der Waals surface area (Å²) >= 11 is 0. The molecule has 0 atom stereocenters. The summed E-state index contributed by atoms with van der Waals surface area (Å²) in [6.45, 7) is 1.00. The molecule has 0 aliphatic carbocycles. The normalized spacial score (nSPS) is 9.56. The zero-order valence-electron chi connectivity index (χ0n) is 5.25. The van der Waals surface area contributed by atoms with Crippen LogP contribution in [0.2, 0.25) is 0 Å². The Kier molecular flexibility index (Phi) is 5.12. The number of rotatable bonds is 4.